The number of carboxylic acids is 1. The van der Waals surface area contributed by atoms with Gasteiger partial charge < -0.3 is 25.9 Å². The number of fused-ring (bicyclic) bond motifs is 2. The molecule has 1 saturated heterocycles. The van der Waals surface area contributed by atoms with Crippen molar-refractivity contribution in [1.29, 1.82) is 0 Å². The smallest absolute Gasteiger partial charge is 0.543 e. The second kappa shape index (κ2) is 10.9. The number of carbonyl (C=O) groups is 3. The Labute approximate surface area is 235 Å². The average molecular weight is 611 g/mol. The number of allylic oxidation sites excluding steroid dienone is 2. The second-order valence-corrected chi connectivity index (χ2v) is 11.2. The number of anilines is 1. The molecule has 0 aromatic carbocycles. The molecule has 3 aromatic heterocycles. The van der Waals surface area contributed by atoms with Gasteiger partial charge in [0, 0.05) is 22.1 Å². The molecule has 0 saturated carbocycles. The number of hydrogen-bond acceptors (Lipinski definition) is 11. The van der Waals surface area contributed by atoms with Crippen LogP contribution in [0.25, 0.3) is 10.2 Å². The van der Waals surface area contributed by atoms with E-state index in [9.17, 15) is 32.7 Å². The van der Waals surface area contributed by atoms with Gasteiger partial charge in [-0.05, 0) is 29.7 Å². The van der Waals surface area contributed by atoms with Crippen molar-refractivity contribution in [3.05, 3.63) is 63.6 Å². The summed E-state index contributed by atoms with van der Waals surface area (Å²) in [7, 11) is 0. The Morgan fingerprint density at radius 1 is 1.35 bits per heavy atom. The number of oxime groups is 1. The number of thiophene rings is 1. The lowest BCUT2D eigenvalue weighted by Crippen LogP contribution is -2.73. The van der Waals surface area contributed by atoms with Gasteiger partial charge in [0.2, 0.25) is 0 Å². The van der Waals surface area contributed by atoms with Crippen LogP contribution in [-0.2, 0) is 25.8 Å². The predicted molar refractivity (Wildman–Crippen MR) is 138 cm³/mol. The quantitative estimate of drug-likeness (QED) is 0.167. The van der Waals surface area contributed by atoms with Crippen molar-refractivity contribution in [2.45, 2.75) is 25.0 Å². The minimum absolute atomic E-state index is 0.0353. The molecule has 2 atom stereocenters. The number of nitrogens with two attached hydrogens (primary N) is 1. The van der Waals surface area contributed by atoms with Gasteiger partial charge in [0.25, 0.3) is 16.6 Å². The number of carbonyl (C=O) groups excluding carboxylic acids is 3. The number of nitrogens with zero attached hydrogens (tertiary/aromatic N) is 4. The van der Waals surface area contributed by atoms with E-state index in [0.29, 0.717) is 11.4 Å². The first-order valence-corrected chi connectivity index (χ1v) is 14.1. The monoisotopic (exact) mass is 610 g/mol. The number of halogens is 3. The van der Waals surface area contributed by atoms with Gasteiger partial charge in [0.05, 0.1) is 23.1 Å². The highest BCUT2D eigenvalue weighted by atomic mass is 32.2. The van der Waals surface area contributed by atoms with Crippen LogP contribution >= 0.6 is 34.4 Å². The lowest BCUT2D eigenvalue weighted by molar-refractivity contribution is -0.658. The average Bonchev–Trinajstić information content (AvgIpc) is 3.55. The van der Waals surface area contributed by atoms with Crippen LogP contribution in [0.2, 0.25) is 0 Å². The summed E-state index contributed by atoms with van der Waals surface area (Å²) in [6.07, 6.45) is 0.0710. The molecule has 0 aliphatic carbocycles. The number of hydrogen-bond donors (Lipinski definition) is 2. The molecule has 2 aliphatic heterocycles. The van der Waals surface area contributed by atoms with Crippen molar-refractivity contribution in [1.82, 2.24) is 15.2 Å². The van der Waals surface area contributed by atoms with E-state index in [4.69, 9.17) is 5.73 Å². The molecule has 2 aliphatic rings. The maximum atomic E-state index is 12.9. The number of nitrogens with one attached hydrogen (secondary N) is 1. The summed E-state index contributed by atoms with van der Waals surface area (Å²) >= 11 is 3.57. The van der Waals surface area contributed by atoms with Crippen LogP contribution in [0.1, 0.15) is 5.69 Å². The number of thioether (sulfide) groups is 1. The molecule has 208 valence electrons. The highest BCUT2D eigenvalue weighted by Gasteiger charge is 2.52. The van der Waals surface area contributed by atoms with Gasteiger partial charge in [0.15, 0.2) is 23.6 Å². The van der Waals surface area contributed by atoms with Gasteiger partial charge >= 0.3 is 6.36 Å². The van der Waals surface area contributed by atoms with Crippen LogP contribution in [0.5, 0.6) is 0 Å². The molecule has 40 heavy (non-hydrogen) atoms. The third-order valence-corrected chi connectivity index (χ3v) is 8.64. The molecule has 5 heterocycles. The number of rotatable bonds is 8. The van der Waals surface area contributed by atoms with Crippen molar-refractivity contribution in [2.75, 3.05) is 11.5 Å². The highest BCUT2D eigenvalue weighted by molar-refractivity contribution is 8.03. The van der Waals surface area contributed by atoms with Crippen molar-refractivity contribution in [3.63, 3.8) is 0 Å². The number of amides is 2. The standard InChI is InChI=1S/C23H17F3N6O5S3/c24-23(25,26)37-30-15(12-9-40-22(27)28-12)18(33)29-16-13-10-39-14(17(21(35)36)32(13)19(16)34)4-2-7-31-6-1-3-11-5-8-38-20(11)31/h1-6,8-9,13,16H,7,10H2,(H3-,27,28,29,33,35,36)/b4-2+,30-15-/t13-,16+/m1/s1. The molecule has 1 fully saturated rings. The molecule has 2 amide bonds. The minimum atomic E-state index is -5.18. The first-order valence-electron chi connectivity index (χ1n) is 11.3. The van der Waals surface area contributed by atoms with E-state index in [2.05, 4.69) is 20.3 Å². The summed E-state index contributed by atoms with van der Waals surface area (Å²) < 4.78 is 39.7. The maximum absolute atomic E-state index is 12.9. The first kappa shape index (κ1) is 27.6. The minimum Gasteiger partial charge on any atom is -0.543 e. The van der Waals surface area contributed by atoms with E-state index in [1.54, 1.807) is 23.5 Å². The number of nitrogen functional groups attached to an aromatic ring is 1. The van der Waals surface area contributed by atoms with E-state index in [1.807, 2.05) is 34.3 Å². The number of aromatic nitrogens is 2. The second-order valence-electron chi connectivity index (χ2n) is 8.33. The predicted octanol–water partition coefficient (Wildman–Crippen LogP) is 1.13. The van der Waals surface area contributed by atoms with Gasteiger partial charge in [-0.2, -0.15) is 4.57 Å². The van der Waals surface area contributed by atoms with E-state index in [-0.39, 0.29) is 22.3 Å². The normalized spacial score (nSPS) is 19.6. The number of pyridine rings is 1. The van der Waals surface area contributed by atoms with Crippen LogP contribution in [0.3, 0.4) is 0 Å². The third kappa shape index (κ3) is 5.52. The van der Waals surface area contributed by atoms with Crippen LogP contribution in [0.15, 0.2) is 63.1 Å². The van der Waals surface area contributed by atoms with Gasteiger partial charge in [-0.15, -0.1) is 36.3 Å². The summed E-state index contributed by atoms with van der Waals surface area (Å²) in [6, 6.07) is 3.86. The molecule has 0 unspecified atom stereocenters. The molecule has 11 nitrogen and oxygen atoms in total. The van der Waals surface area contributed by atoms with Crippen molar-refractivity contribution in [3.8, 4) is 0 Å². The maximum Gasteiger partial charge on any atom is 0.593 e. The molecule has 3 N–H and O–H groups in total. The third-order valence-electron chi connectivity index (χ3n) is 5.85. The Bertz CT molecular complexity index is 1600. The number of β-lactam (4-membered cyclic amide) rings is 1. The van der Waals surface area contributed by atoms with Crippen LogP contribution in [-0.4, -0.2) is 57.6 Å². The number of alkyl halides is 3. The summed E-state index contributed by atoms with van der Waals surface area (Å²) in [5, 5.41) is 21.4. The lowest BCUT2D eigenvalue weighted by atomic mass is 9.94. The van der Waals surface area contributed by atoms with E-state index >= 15 is 0 Å². The molecule has 17 heteroatoms. The highest BCUT2D eigenvalue weighted by Crippen LogP contribution is 2.39. The Hall–Kier alpha value is -3.96. The summed E-state index contributed by atoms with van der Waals surface area (Å²) in [4.78, 5) is 47.3. The number of thiazole rings is 1. The zero-order chi connectivity index (χ0) is 28.6. The zero-order valence-corrected chi connectivity index (χ0v) is 22.4. The molecular weight excluding hydrogens is 593 g/mol. The number of aliphatic carboxylic acids is 1. The SMILES string of the molecule is Nc1nc(/C(=N/OC(F)(F)F)C(=O)N[C@@H]2C(=O)N3C(C(=O)[O-])=C(/C=C/C[n+]4cccc5ccsc54)SC[C@H]23)cs1. The van der Waals surface area contributed by atoms with Crippen molar-refractivity contribution < 1.29 is 42.1 Å². The lowest BCUT2D eigenvalue weighted by Gasteiger charge is -2.50. The van der Waals surface area contributed by atoms with Crippen molar-refractivity contribution in [2.24, 2.45) is 5.16 Å². The zero-order valence-electron chi connectivity index (χ0n) is 20.0. The molecule has 3 aromatic rings. The Kier molecular flexibility index (Phi) is 7.52. The fourth-order valence-electron chi connectivity index (χ4n) is 4.15. The fourth-order valence-corrected chi connectivity index (χ4v) is 6.79. The molecule has 0 bridgehead atoms. The van der Waals surface area contributed by atoms with Crippen molar-refractivity contribution >= 4 is 73.3 Å². The van der Waals surface area contributed by atoms with Gasteiger partial charge in [-0.3, -0.25) is 14.4 Å². The summed E-state index contributed by atoms with van der Waals surface area (Å²) in [6.45, 7) is 0.446. The topological polar surface area (TPSA) is 154 Å². The van der Waals surface area contributed by atoms with Gasteiger partial charge in [-0.1, -0.05) is 16.5 Å². The van der Waals surface area contributed by atoms with E-state index in [1.165, 1.54) is 5.38 Å². The molecule has 5 rings (SSSR count). The largest absolute Gasteiger partial charge is 0.593 e. The molecule has 0 radical (unpaired) electrons. The Morgan fingerprint density at radius 3 is 2.85 bits per heavy atom. The molecule has 0 spiro atoms. The Morgan fingerprint density at radius 2 is 2.15 bits per heavy atom. The number of carboxylic acid groups (broad SMARTS) is 1. The summed E-state index contributed by atoms with van der Waals surface area (Å²) in [5.74, 6) is -3.32. The molecular formula is C23H17F3N6O5S3. The van der Waals surface area contributed by atoms with Gasteiger partial charge in [-0.25, -0.2) is 4.98 Å². The fraction of sp³-hybridized carbons (Fsp3) is 0.217. The summed E-state index contributed by atoms with van der Waals surface area (Å²) in [5.41, 5.74) is 4.02. The van der Waals surface area contributed by atoms with Crippen LogP contribution in [0, 0.1) is 0 Å². The van der Waals surface area contributed by atoms with E-state index < -0.39 is 41.9 Å². The van der Waals surface area contributed by atoms with Gasteiger partial charge in [0.1, 0.15) is 11.7 Å². The first-order chi connectivity index (χ1) is 19.0. The van der Waals surface area contributed by atoms with Crippen LogP contribution < -0.4 is 20.7 Å². The Balaban J connectivity index is 1.32. The van der Waals surface area contributed by atoms with E-state index in [0.717, 1.165) is 38.2 Å². The van der Waals surface area contributed by atoms with Crippen LogP contribution in [0.4, 0.5) is 18.3 Å².